The third-order valence-electron chi connectivity index (χ3n) is 1.81. The van der Waals surface area contributed by atoms with Crippen LogP contribution in [0.3, 0.4) is 0 Å². The monoisotopic (exact) mass is 197 g/mol. The van der Waals surface area contributed by atoms with Gasteiger partial charge in [0.05, 0.1) is 12.3 Å². The third kappa shape index (κ3) is 2.91. The Hall–Kier alpha value is -1.25. The van der Waals surface area contributed by atoms with E-state index in [1.165, 1.54) is 6.92 Å². The van der Waals surface area contributed by atoms with E-state index in [1.807, 2.05) is 18.2 Å². The van der Waals surface area contributed by atoms with E-state index in [0.29, 0.717) is 5.71 Å². The summed E-state index contributed by atoms with van der Waals surface area (Å²) in [5.74, 6) is 0. The van der Waals surface area contributed by atoms with Crippen LogP contribution in [0.4, 0.5) is 8.78 Å². The fourth-order valence-electron chi connectivity index (χ4n) is 1.22. The fraction of sp³-hybridized carbons (Fsp3) is 0.364. The lowest BCUT2D eigenvalue weighted by molar-refractivity contribution is 0.451. The minimum Gasteiger partial charge on any atom is -0.283 e. The van der Waals surface area contributed by atoms with Crippen LogP contribution in [0.2, 0.25) is 0 Å². The number of benzene rings is 1. The molecule has 76 valence electrons. The van der Waals surface area contributed by atoms with Crippen molar-refractivity contribution in [3.05, 3.63) is 35.9 Å². The molecule has 14 heavy (non-hydrogen) atoms. The summed E-state index contributed by atoms with van der Waals surface area (Å²) in [6, 6.07) is 9.00. The van der Waals surface area contributed by atoms with E-state index in [9.17, 15) is 8.78 Å². The Labute approximate surface area is 82.5 Å². The Bertz CT molecular complexity index is 293. The minimum absolute atomic E-state index is 0.0263. The second kappa shape index (κ2) is 5.47. The first-order chi connectivity index (χ1) is 6.75. The molecule has 0 aliphatic heterocycles. The minimum atomic E-state index is -1.16. The number of alkyl halides is 2. The molecule has 0 fully saturated rings. The maximum atomic E-state index is 13.1. The van der Waals surface area contributed by atoms with Crippen molar-refractivity contribution in [2.24, 2.45) is 4.99 Å². The molecule has 0 saturated heterocycles. The molecule has 0 saturated carbocycles. The molecule has 0 heterocycles. The summed E-state index contributed by atoms with van der Waals surface area (Å²) in [7, 11) is 0. The summed E-state index contributed by atoms with van der Waals surface area (Å²) in [5.41, 5.74) is 1.04. The Morgan fingerprint density at radius 2 is 2.00 bits per heavy atom. The van der Waals surface area contributed by atoms with Gasteiger partial charge in [-0.25, -0.2) is 8.78 Å². The van der Waals surface area contributed by atoms with E-state index in [4.69, 9.17) is 0 Å². The topological polar surface area (TPSA) is 12.4 Å². The first-order valence-electron chi connectivity index (χ1n) is 4.55. The third-order valence-corrected chi connectivity index (χ3v) is 1.81. The molecule has 0 bridgehead atoms. The van der Waals surface area contributed by atoms with Crippen molar-refractivity contribution in [3.63, 3.8) is 0 Å². The van der Waals surface area contributed by atoms with Crippen molar-refractivity contribution in [1.29, 1.82) is 0 Å². The van der Waals surface area contributed by atoms with Gasteiger partial charge in [0.2, 0.25) is 0 Å². The quantitative estimate of drug-likeness (QED) is 0.658. The molecule has 0 aliphatic rings. The van der Waals surface area contributed by atoms with Crippen LogP contribution in [0.1, 0.15) is 12.5 Å². The Morgan fingerprint density at radius 1 is 1.36 bits per heavy atom. The summed E-state index contributed by atoms with van der Waals surface area (Å²) in [4.78, 5) is 3.88. The van der Waals surface area contributed by atoms with E-state index < -0.39 is 12.8 Å². The van der Waals surface area contributed by atoms with Crippen molar-refractivity contribution in [2.45, 2.75) is 13.1 Å². The lowest BCUT2D eigenvalue weighted by Gasteiger charge is -2.07. The van der Waals surface area contributed by atoms with Gasteiger partial charge in [0.15, 0.2) is 0 Å². The molecule has 1 aromatic carbocycles. The zero-order chi connectivity index (χ0) is 10.4. The SMILES string of the molecule is CC(F)/C(=N\CCF)c1ccccc1. The molecule has 0 aliphatic carbocycles. The molecule has 1 rings (SSSR count). The Kier molecular flexibility index (Phi) is 4.23. The van der Waals surface area contributed by atoms with Gasteiger partial charge in [0.25, 0.3) is 0 Å². The maximum Gasteiger partial charge on any atom is 0.139 e. The van der Waals surface area contributed by atoms with E-state index in [0.717, 1.165) is 5.56 Å². The normalized spacial score (nSPS) is 14.1. The number of halogens is 2. The summed E-state index contributed by atoms with van der Waals surface area (Å²) >= 11 is 0. The molecular weight excluding hydrogens is 184 g/mol. The average molecular weight is 197 g/mol. The molecule has 3 heteroatoms. The first kappa shape index (κ1) is 10.8. The second-order valence-electron chi connectivity index (χ2n) is 2.94. The summed E-state index contributed by atoms with van der Waals surface area (Å²) in [5, 5.41) is 0. The molecule has 1 unspecified atom stereocenters. The van der Waals surface area contributed by atoms with E-state index in [1.54, 1.807) is 12.1 Å². The van der Waals surface area contributed by atoms with Gasteiger partial charge in [0.1, 0.15) is 12.8 Å². The number of aliphatic imine (C=N–C) groups is 1. The van der Waals surface area contributed by atoms with Crippen LogP contribution >= 0.6 is 0 Å². The Balaban J connectivity index is 2.89. The largest absolute Gasteiger partial charge is 0.283 e. The van der Waals surface area contributed by atoms with Gasteiger partial charge in [-0.1, -0.05) is 30.3 Å². The van der Waals surface area contributed by atoms with Gasteiger partial charge >= 0.3 is 0 Å². The molecule has 1 nitrogen and oxygen atoms in total. The van der Waals surface area contributed by atoms with Gasteiger partial charge in [-0.15, -0.1) is 0 Å². The predicted molar refractivity (Wildman–Crippen MR) is 54.4 cm³/mol. The molecule has 1 aromatic rings. The molecule has 0 radical (unpaired) electrons. The zero-order valence-electron chi connectivity index (χ0n) is 8.08. The van der Waals surface area contributed by atoms with Gasteiger partial charge in [-0.2, -0.15) is 0 Å². The van der Waals surface area contributed by atoms with Crippen molar-refractivity contribution in [2.75, 3.05) is 13.2 Å². The smallest absolute Gasteiger partial charge is 0.139 e. The van der Waals surface area contributed by atoms with Gasteiger partial charge < -0.3 is 0 Å². The zero-order valence-corrected chi connectivity index (χ0v) is 8.08. The summed E-state index contributed by atoms with van der Waals surface area (Å²) in [6.07, 6.45) is -1.16. The molecule has 0 spiro atoms. The van der Waals surface area contributed by atoms with Crippen LogP contribution in [-0.4, -0.2) is 25.1 Å². The molecule has 0 N–H and O–H groups in total. The highest BCUT2D eigenvalue weighted by atomic mass is 19.1. The summed E-state index contributed by atoms with van der Waals surface area (Å²) in [6.45, 7) is 0.881. The van der Waals surface area contributed by atoms with E-state index in [2.05, 4.69) is 4.99 Å². The molecule has 0 amide bonds. The van der Waals surface area contributed by atoms with Crippen LogP contribution < -0.4 is 0 Å². The average Bonchev–Trinajstić information content (AvgIpc) is 2.19. The van der Waals surface area contributed by atoms with Crippen molar-refractivity contribution in [1.82, 2.24) is 0 Å². The first-order valence-corrected chi connectivity index (χ1v) is 4.55. The van der Waals surface area contributed by atoms with Crippen LogP contribution in [0.15, 0.2) is 35.3 Å². The molecular formula is C11H13F2N. The predicted octanol–water partition coefficient (Wildman–Crippen LogP) is 2.80. The molecule has 1 atom stereocenters. The van der Waals surface area contributed by atoms with Crippen LogP contribution in [0.5, 0.6) is 0 Å². The maximum absolute atomic E-state index is 13.1. The van der Waals surface area contributed by atoms with Crippen molar-refractivity contribution in [3.8, 4) is 0 Å². The Morgan fingerprint density at radius 3 is 2.50 bits per heavy atom. The van der Waals surface area contributed by atoms with Crippen molar-refractivity contribution >= 4 is 5.71 Å². The van der Waals surface area contributed by atoms with E-state index >= 15 is 0 Å². The highest BCUT2D eigenvalue weighted by Crippen LogP contribution is 2.07. The van der Waals surface area contributed by atoms with Gasteiger partial charge in [0, 0.05) is 0 Å². The van der Waals surface area contributed by atoms with Crippen LogP contribution in [0.25, 0.3) is 0 Å². The molecule has 0 aromatic heterocycles. The number of hydrogen-bond acceptors (Lipinski definition) is 1. The van der Waals surface area contributed by atoms with Gasteiger partial charge in [-0.05, 0) is 12.5 Å². The van der Waals surface area contributed by atoms with Crippen LogP contribution in [0, 0.1) is 0 Å². The van der Waals surface area contributed by atoms with Crippen LogP contribution in [-0.2, 0) is 0 Å². The van der Waals surface area contributed by atoms with E-state index in [-0.39, 0.29) is 6.54 Å². The lowest BCUT2D eigenvalue weighted by Crippen LogP contribution is -2.14. The lowest BCUT2D eigenvalue weighted by atomic mass is 10.1. The summed E-state index contributed by atoms with van der Waals surface area (Å²) < 4.78 is 25.0. The second-order valence-corrected chi connectivity index (χ2v) is 2.94. The number of rotatable bonds is 4. The van der Waals surface area contributed by atoms with Gasteiger partial charge in [-0.3, -0.25) is 4.99 Å². The van der Waals surface area contributed by atoms with Crippen molar-refractivity contribution < 1.29 is 8.78 Å². The number of nitrogens with zero attached hydrogens (tertiary/aromatic N) is 1. The highest BCUT2D eigenvalue weighted by molar-refractivity contribution is 6.03. The number of hydrogen-bond donors (Lipinski definition) is 0. The highest BCUT2D eigenvalue weighted by Gasteiger charge is 2.10. The standard InChI is InChI=1S/C11H13F2N/c1-9(13)11(14-8-7-12)10-5-3-2-4-6-10/h2-6,9H,7-8H2,1H3/b14-11+. The fourth-order valence-corrected chi connectivity index (χ4v) is 1.22.